The summed E-state index contributed by atoms with van der Waals surface area (Å²) in [5.74, 6) is 0. The van der Waals surface area contributed by atoms with Crippen molar-refractivity contribution in [2.45, 2.75) is 23.3 Å². The summed E-state index contributed by atoms with van der Waals surface area (Å²) in [6, 6.07) is 16.3. The van der Waals surface area contributed by atoms with Gasteiger partial charge in [0.25, 0.3) is 0 Å². The van der Waals surface area contributed by atoms with Gasteiger partial charge in [0.2, 0.25) is 0 Å². The lowest BCUT2D eigenvalue weighted by atomic mass is 10.0. The van der Waals surface area contributed by atoms with Crippen molar-refractivity contribution in [3.05, 3.63) is 72.7 Å². The van der Waals surface area contributed by atoms with Crippen LogP contribution in [-0.2, 0) is 16.7 Å². The molecule has 1 aliphatic rings. The van der Waals surface area contributed by atoms with Crippen molar-refractivity contribution in [3.8, 4) is 22.3 Å². The second-order valence-corrected chi connectivity index (χ2v) is 8.84. The fraction of sp³-hybridized carbons (Fsp3) is 0.182. The van der Waals surface area contributed by atoms with E-state index >= 15 is 0 Å². The molecule has 0 aliphatic heterocycles. The molecular weight excluding hydrogens is 368 g/mol. The Labute approximate surface area is 166 Å². The van der Waals surface area contributed by atoms with Crippen molar-refractivity contribution in [3.63, 3.8) is 0 Å². The minimum absolute atomic E-state index is 0.112. The molecule has 5 nitrogen and oxygen atoms in total. The monoisotopic (exact) mass is 389 g/mol. The van der Waals surface area contributed by atoms with E-state index in [9.17, 15) is 4.55 Å². The van der Waals surface area contributed by atoms with Gasteiger partial charge in [-0.05, 0) is 35.6 Å². The Balaban J connectivity index is 1.50. The van der Waals surface area contributed by atoms with Crippen LogP contribution in [0.2, 0.25) is 0 Å². The Morgan fingerprint density at radius 2 is 1.82 bits per heavy atom. The summed E-state index contributed by atoms with van der Waals surface area (Å²) in [6.45, 7) is 0. The first-order valence-electron chi connectivity index (χ1n) is 9.22. The Morgan fingerprint density at radius 3 is 2.54 bits per heavy atom. The van der Waals surface area contributed by atoms with E-state index in [4.69, 9.17) is 5.73 Å². The number of hydrogen-bond acceptors (Lipinski definition) is 4. The number of hydrogen-bond donors (Lipinski definition) is 2. The molecule has 2 heterocycles. The van der Waals surface area contributed by atoms with Crippen molar-refractivity contribution >= 4 is 16.8 Å². The maximum Gasteiger partial charge on any atom is 0.190 e. The zero-order chi connectivity index (χ0) is 19.3. The van der Waals surface area contributed by atoms with E-state index in [0.29, 0.717) is 0 Å². The third-order valence-electron chi connectivity index (χ3n) is 5.42. The molecule has 1 fully saturated rings. The van der Waals surface area contributed by atoms with E-state index in [1.54, 1.807) is 10.8 Å². The largest absolute Gasteiger partial charge is 0.321 e. The maximum absolute atomic E-state index is 9.88. The highest BCUT2D eigenvalue weighted by Crippen LogP contribution is 2.42. The van der Waals surface area contributed by atoms with E-state index in [-0.39, 0.29) is 5.54 Å². The van der Waals surface area contributed by atoms with Crippen LogP contribution in [0.5, 0.6) is 0 Å². The zero-order valence-electron chi connectivity index (χ0n) is 15.5. The summed E-state index contributed by atoms with van der Waals surface area (Å²) in [4.78, 5) is 5.57. The third kappa shape index (κ3) is 2.99. The second-order valence-electron chi connectivity index (χ2n) is 7.41. The molecule has 1 atom stereocenters. The molecule has 0 bridgehead atoms. The average molecular weight is 390 g/mol. The van der Waals surface area contributed by atoms with Crippen LogP contribution in [0, 0.1) is 0 Å². The molecule has 0 radical (unpaired) electrons. The molecule has 4 aromatic rings. The highest BCUT2D eigenvalue weighted by atomic mass is 32.2. The van der Waals surface area contributed by atoms with Gasteiger partial charge in [0.15, 0.2) is 21.7 Å². The highest BCUT2D eigenvalue weighted by Gasteiger charge is 2.39. The van der Waals surface area contributed by atoms with Gasteiger partial charge in [0, 0.05) is 35.1 Å². The molecule has 3 N–H and O–H groups in total. The fourth-order valence-corrected chi connectivity index (χ4v) is 4.07. The molecule has 1 saturated carbocycles. The van der Waals surface area contributed by atoms with Gasteiger partial charge in [-0.2, -0.15) is 9.65 Å². The lowest BCUT2D eigenvalue weighted by Gasteiger charge is -2.10. The van der Waals surface area contributed by atoms with Crippen molar-refractivity contribution in [1.82, 2.24) is 14.6 Å². The first-order chi connectivity index (χ1) is 13.5. The second kappa shape index (κ2) is 6.44. The molecular formula is C22H21N4OS+. The number of benzene rings is 2. The molecule has 0 spiro atoms. The van der Waals surface area contributed by atoms with Gasteiger partial charge in [-0.1, -0.05) is 36.4 Å². The normalized spacial score (nSPS) is 16.2. The standard InChI is InChI=1S/C22H21N4OS/c1-28(27)19-4-2-3-16(11-19)20-13-25-26-14-17(12-24-21(20)26)15-5-7-18(8-6-15)22(23)9-10-22/h2-8,11-14,27H,9-10,23H2,1H3/q+1. The molecule has 5 rings (SSSR count). The van der Waals surface area contributed by atoms with Crippen molar-refractivity contribution in [1.29, 1.82) is 0 Å². The summed E-state index contributed by atoms with van der Waals surface area (Å²) in [6.07, 6.45) is 9.62. The van der Waals surface area contributed by atoms with Gasteiger partial charge < -0.3 is 5.73 Å². The Morgan fingerprint density at radius 1 is 1.04 bits per heavy atom. The van der Waals surface area contributed by atoms with Crippen LogP contribution < -0.4 is 5.73 Å². The average Bonchev–Trinajstić information content (AvgIpc) is 3.33. The summed E-state index contributed by atoms with van der Waals surface area (Å²) >= 11 is -0.774. The third-order valence-corrected chi connectivity index (χ3v) is 6.36. The summed E-state index contributed by atoms with van der Waals surface area (Å²) < 4.78 is 11.7. The van der Waals surface area contributed by atoms with Gasteiger partial charge in [-0.15, -0.1) is 0 Å². The number of fused-ring (bicyclic) bond motifs is 1. The lowest BCUT2D eigenvalue weighted by Crippen LogP contribution is -2.18. The fourth-order valence-electron chi connectivity index (χ4n) is 3.49. The van der Waals surface area contributed by atoms with Crippen LogP contribution in [0.4, 0.5) is 0 Å². The predicted octanol–water partition coefficient (Wildman–Crippen LogP) is 4.09. The topological polar surface area (TPSA) is 76.4 Å². The summed E-state index contributed by atoms with van der Waals surface area (Å²) in [7, 11) is 0. The summed E-state index contributed by atoms with van der Waals surface area (Å²) in [5.41, 5.74) is 12.2. The van der Waals surface area contributed by atoms with Crippen LogP contribution >= 0.6 is 0 Å². The van der Waals surface area contributed by atoms with Gasteiger partial charge >= 0.3 is 0 Å². The van der Waals surface area contributed by atoms with Gasteiger partial charge in [0.05, 0.1) is 6.20 Å². The van der Waals surface area contributed by atoms with Crippen molar-refractivity contribution in [2.75, 3.05) is 6.26 Å². The first kappa shape index (κ1) is 17.4. The van der Waals surface area contributed by atoms with Crippen molar-refractivity contribution in [2.24, 2.45) is 5.73 Å². The maximum atomic E-state index is 9.88. The molecule has 0 saturated heterocycles. The van der Waals surface area contributed by atoms with Crippen LogP contribution in [-0.4, -0.2) is 25.4 Å². The number of aromatic nitrogens is 3. The van der Waals surface area contributed by atoms with Crippen LogP contribution in [0.15, 0.2) is 72.0 Å². The first-order valence-corrected chi connectivity index (χ1v) is 10.8. The minimum atomic E-state index is -0.774. The highest BCUT2D eigenvalue weighted by molar-refractivity contribution is 7.90. The SMILES string of the molecule is C[S+](O)c1cccc(-c2cnn3cc(-c4ccc(C5(N)CC5)cc4)cnc23)c1. The van der Waals surface area contributed by atoms with E-state index < -0.39 is 11.2 Å². The van der Waals surface area contributed by atoms with Crippen LogP contribution in [0.25, 0.3) is 27.9 Å². The Kier molecular flexibility index (Phi) is 4.01. The predicted molar refractivity (Wildman–Crippen MR) is 113 cm³/mol. The van der Waals surface area contributed by atoms with Crippen LogP contribution in [0.1, 0.15) is 18.4 Å². The van der Waals surface area contributed by atoms with Gasteiger partial charge in [-0.25, -0.2) is 9.50 Å². The van der Waals surface area contributed by atoms with E-state index in [1.165, 1.54) is 5.56 Å². The van der Waals surface area contributed by atoms with Crippen LogP contribution in [0.3, 0.4) is 0 Å². The lowest BCUT2D eigenvalue weighted by molar-refractivity contribution is 0.645. The number of nitrogens with two attached hydrogens (primary N) is 1. The number of nitrogens with zero attached hydrogens (tertiary/aromatic N) is 3. The quantitative estimate of drug-likeness (QED) is 0.516. The van der Waals surface area contributed by atoms with E-state index in [1.807, 2.05) is 42.9 Å². The van der Waals surface area contributed by atoms with Crippen molar-refractivity contribution < 1.29 is 4.55 Å². The van der Waals surface area contributed by atoms with Gasteiger partial charge in [0.1, 0.15) is 6.26 Å². The number of rotatable bonds is 4. The molecule has 0 amide bonds. The minimum Gasteiger partial charge on any atom is -0.321 e. The molecule has 1 aliphatic carbocycles. The van der Waals surface area contributed by atoms with E-state index in [2.05, 4.69) is 34.3 Å². The molecule has 2 aromatic heterocycles. The molecule has 140 valence electrons. The Bertz CT molecular complexity index is 1160. The zero-order valence-corrected chi connectivity index (χ0v) is 16.4. The smallest absolute Gasteiger partial charge is 0.190 e. The molecule has 28 heavy (non-hydrogen) atoms. The Hall–Kier alpha value is -2.67. The molecule has 6 heteroatoms. The van der Waals surface area contributed by atoms with E-state index in [0.717, 1.165) is 45.6 Å². The molecule has 2 aromatic carbocycles. The molecule has 1 unspecified atom stereocenters. The summed E-state index contributed by atoms with van der Waals surface area (Å²) in [5, 5.41) is 4.50. The van der Waals surface area contributed by atoms with Gasteiger partial charge in [-0.3, -0.25) is 0 Å².